The Morgan fingerprint density at radius 3 is 1.88 bits per heavy atom. The summed E-state index contributed by atoms with van der Waals surface area (Å²) in [5.74, 6) is 0. The van der Waals surface area contributed by atoms with Crippen molar-refractivity contribution in [3.05, 3.63) is 0 Å². The van der Waals surface area contributed by atoms with Gasteiger partial charge in [0.05, 0.1) is 12.7 Å². The van der Waals surface area contributed by atoms with Crippen LogP contribution in [0.5, 0.6) is 0 Å². The topological polar surface area (TPSA) is 32.7 Å². The van der Waals surface area contributed by atoms with Crippen molar-refractivity contribution in [1.29, 1.82) is 0 Å². The van der Waals surface area contributed by atoms with Crippen LogP contribution < -0.4 is 0 Å². The van der Waals surface area contributed by atoms with Gasteiger partial charge in [0.1, 0.15) is 0 Å². The Morgan fingerprint density at radius 1 is 1.12 bits per heavy atom. The van der Waals surface area contributed by atoms with Crippen LogP contribution in [-0.4, -0.2) is 34.0 Å². The summed E-state index contributed by atoms with van der Waals surface area (Å²) in [6.45, 7) is 15.8. The highest BCUT2D eigenvalue weighted by Gasteiger charge is 2.46. The van der Waals surface area contributed by atoms with E-state index < -0.39 is 0 Å². The molecule has 1 N–H and O–H groups in total. The summed E-state index contributed by atoms with van der Waals surface area (Å²) < 4.78 is 0. The molecule has 0 saturated carbocycles. The SMILES string of the molecule is CC(C)(C)CON1C(C)(C)CC(O)CC1(C)C. The lowest BCUT2D eigenvalue weighted by Crippen LogP contribution is -2.61. The minimum atomic E-state index is -0.227. The van der Waals surface area contributed by atoms with Crippen molar-refractivity contribution in [3.63, 3.8) is 0 Å². The number of aliphatic hydroxyl groups excluding tert-OH is 1. The minimum Gasteiger partial charge on any atom is -0.393 e. The highest BCUT2D eigenvalue weighted by Crippen LogP contribution is 2.39. The molecule has 0 unspecified atom stereocenters. The van der Waals surface area contributed by atoms with Crippen molar-refractivity contribution >= 4 is 0 Å². The van der Waals surface area contributed by atoms with E-state index in [-0.39, 0.29) is 22.6 Å². The summed E-state index contributed by atoms with van der Waals surface area (Å²) in [7, 11) is 0. The second kappa shape index (κ2) is 4.52. The van der Waals surface area contributed by atoms with Crippen molar-refractivity contribution in [2.75, 3.05) is 6.61 Å². The molecule has 17 heavy (non-hydrogen) atoms. The quantitative estimate of drug-likeness (QED) is 0.809. The van der Waals surface area contributed by atoms with Crippen molar-refractivity contribution in [1.82, 2.24) is 5.06 Å². The van der Waals surface area contributed by atoms with Crippen molar-refractivity contribution in [2.24, 2.45) is 5.41 Å². The molecule has 0 radical (unpaired) electrons. The predicted molar refractivity (Wildman–Crippen MR) is 70.6 cm³/mol. The Hall–Kier alpha value is -0.120. The number of hydrogen-bond donors (Lipinski definition) is 1. The normalized spacial score (nSPS) is 26.1. The lowest BCUT2D eigenvalue weighted by molar-refractivity contribution is -0.301. The summed E-state index contributed by atoms with van der Waals surface area (Å²) in [4.78, 5) is 6.05. The van der Waals surface area contributed by atoms with Gasteiger partial charge in [0.15, 0.2) is 0 Å². The summed E-state index contributed by atoms with van der Waals surface area (Å²) in [6, 6.07) is 0. The molecule has 0 spiro atoms. The predicted octanol–water partition coefficient (Wildman–Crippen LogP) is 2.98. The molecule has 3 nitrogen and oxygen atoms in total. The number of hydroxylamine groups is 2. The van der Waals surface area contributed by atoms with Gasteiger partial charge in [-0.05, 0) is 46.0 Å². The molecular formula is C14H29NO2. The lowest BCUT2D eigenvalue weighted by atomic mass is 9.80. The molecule has 1 aliphatic heterocycles. The first-order valence-corrected chi connectivity index (χ1v) is 6.55. The number of aliphatic hydroxyl groups is 1. The van der Waals surface area contributed by atoms with Crippen LogP contribution in [0.15, 0.2) is 0 Å². The maximum Gasteiger partial charge on any atom is 0.0733 e. The maximum absolute atomic E-state index is 9.94. The van der Waals surface area contributed by atoms with E-state index in [2.05, 4.69) is 53.5 Å². The molecule has 0 amide bonds. The molecule has 0 aromatic carbocycles. The van der Waals surface area contributed by atoms with E-state index in [0.717, 1.165) is 12.8 Å². The molecule has 1 heterocycles. The van der Waals surface area contributed by atoms with Gasteiger partial charge in [-0.25, -0.2) is 0 Å². The van der Waals surface area contributed by atoms with E-state index in [4.69, 9.17) is 4.84 Å². The third kappa shape index (κ3) is 3.94. The molecule has 0 aromatic rings. The molecule has 0 aromatic heterocycles. The van der Waals surface area contributed by atoms with Gasteiger partial charge in [-0.15, -0.1) is 0 Å². The van der Waals surface area contributed by atoms with Gasteiger partial charge in [0.25, 0.3) is 0 Å². The second-order valence-corrected chi connectivity index (χ2v) is 7.82. The fourth-order valence-electron chi connectivity index (χ4n) is 2.82. The van der Waals surface area contributed by atoms with Crippen LogP contribution in [0.4, 0.5) is 0 Å². The third-order valence-corrected chi connectivity index (χ3v) is 3.20. The third-order valence-electron chi connectivity index (χ3n) is 3.20. The van der Waals surface area contributed by atoms with E-state index in [1.54, 1.807) is 0 Å². The maximum atomic E-state index is 9.94. The standard InChI is InChI=1S/C14H29NO2/c1-12(2,3)10-17-15-13(4,5)8-11(16)9-14(15,6)7/h11,16H,8-10H2,1-7H3. The van der Waals surface area contributed by atoms with Gasteiger partial charge in [0, 0.05) is 11.1 Å². The van der Waals surface area contributed by atoms with Crippen LogP contribution in [0.25, 0.3) is 0 Å². The van der Waals surface area contributed by atoms with Gasteiger partial charge in [-0.3, -0.25) is 4.84 Å². The zero-order valence-corrected chi connectivity index (χ0v) is 12.5. The highest BCUT2D eigenvalue weighted by atomic mass is 16.7. The van der Waals surface area contributed by atoms with E-state index in [9.17, 15) is 5.11 Å². The van der Waals surface area contributed by atoms with Gasteiger partial charge in [0.2, 0.25) is 0 Å². The zero-order chi connectivity index (χ0) is 13.5. The van der Waals surface area contributed by atoms with Crippen LogP contribution in [0.3, 0.4) is 0 Å². The van der Waals surface area contributed by atoms with Crippen LogP contribution >= 0.6 is 0 Å². The van der Waals surface area contributed by atoms with E-state index in [1.807, 2.05) is 0 Å². The van der Waals surface area contributed by atoms with Gasteiger partial charge in [-0.1, -0.05) is 20.8 Å². The number of hydrogen-bond acceptors (Lipinski definition) is 3. The Labute approximate surface area is 106 Å². The number of rotatable bonds is 2. The number of nitrogens with zero attached hydrogens (tertiary/aromatic N) is 1. The molecule has 1 rings (SSSR count). The van der Waals surface area contributed by atoms with Crippen LogP contribution in [0, 0.1) is 5.41 Å². The fourth-order valence-corrected chi connectivity index (χ4v) is 2.82. The first-order valence-electron chi connectivity index (χ1n) is 6.55. The van der Waals surface area contributed by atoms with Crippen LogP contribution in [-0.2, 0) is 4.84 Å². The van der Waals surface area contributed by atoms with E-state index in [0.29, 0.717) is 6.61 Å². The Bertz CT molecular complexity index is 248. The summed E-state index contributed by atoms with van der Waals surface area (Å²) >= 11 is 0. The highest BCUT2D eigenvalue weighted by molar-refractivity contribution is 4.96. The van der Waals surface area contributed by atoms with Crippen LogP contribution in [0.2, 0.25) is 0 Å². The molecule has 0 aliphatic carbocycles. The molecular weight excluding hydrogens is 214 g/mol. The van der Waals surface area contributed by atoms with Gasteiger partial charge < -0.3 is 5.11 Å². The van der Waals surface area contributed by atoms with Gasteiger partial charge in [-0.2, -0.15) is 5.06 Å². The first-order chi connectivity index (χ1) is 7.44. The smallest absolute Gasteiger partial charge is 0.0733 e. The molecule has 1 fully saturated rings. The van der Waals surface area contributed by atoms with E-state index >= 15 is 0 Å². The fraction of sp³-hybridized carbons (Fsp3) is 1.00. The number of piperidine rings is 1. The summed E-state index contributed by atoms with van der Waals surface area (Å²) in [5, 5.41) is 12.0. The molecule has 3 heteroatoms. The zero-order valence-electron chi connectivity index (χ0n) is 12.5. The van der Waals surface area contributed by atoms with Crippen molar-refractivity contribution in [3.8, 4) is 0 Å². The Balaban J connectivity index is 2.79. The molecule has 0 atom stereocenters. The molecule has 102 valence electrons. The van der Waals surface area contributed by atoms with Crippen molar-refractivity contribution < 1.29 is 9.94 Å². The lowest BCUT2D eigenvalue weighted by Gasteiger charge is -2.53. The van der Waals surface area contributed by atoms with Gasteiger partial charge >= 0.3 is 0 Å². The second-order valence-electron chi connectivity index (χ2n) is 7.82. The Morgan fingerprint density at radius 2 is 1.53 bits per heavy atom. The van der Waals surface area contributed by atoms with Crippen molar-refractivity contribution in [2.45, 2.75) is 78.5 Å². The first kappa shape index (κ1) is 14.9. The largest absolute Gasteiger partial charge is 0.393 e. The average molecular weight is 243 g/mol. The summed E-state index contributed by atoms with van der Waals surface area (Å²) in [6.07, 6.45) is 1.30. The van der Waals surface area contributed by atoms with Crippen LogP contribution in [0.1, 0.15) is 61.3 Å². The van der Waals surface area contributed by atoms with E-state index in [1.165, 1.54) is 0 Å². The average Bonchev–Trinajstić information content (AvgIpc) is 1.94. The minimum absolute atomic E-state index is 0.119. The molecule has 0 bridgehead atoms. The molecule has 1 aliphatic rings. The Kier molecular flexibility index (Phi) is 3.98. The monoisotopic (exact) mass is 243 g/mol. The summed E-state index contributed by atoms with van der Waals surface area (Å²) in [5.41, 5.74) is -0.0823. The molecule has 1 saturated heterocycles.